The SMILES string of the molecule is CC(C)(C)OC(=O)NCC1CCC(CO)CN1C(=O)OC(C)(C)C. The summed E-state index contributed by atoms with van der Waals surface area (Å²) in [6.45, 7) is 11.6. The van der Waals surface area contributed by atoms with Crippen molar-refractivity contribution in [3.8, 4) is 0 Å². The van der Waals surface area contributed by atoms with Crippen LogP contribution in [-0.2, 0) is 9.47 Å². The Kier molecular flexibility index (Phi) is 6.89. The number of ether oxygens (including phenoxy) is 2. The van der Waals surface area contributed by atoms with Crippen LogP contribution in [-0.4, -0.2) is 59.1 Å². The summed E-state index contributed by atoms with van der Waals surface area (Å²) in [6.07, 6.45) is 0.573. The number of aliphatic hydroxyl groups excluding tert-OH is 1. The van der Waals surface area contributed by atoms with Crippen LogP contribution in [0.3, 0.4) is 0 Å². The molecule has 0 aromatic rings. The van der Waals surface area contributed by atoms with Crippen LogP contribution < -0.4 is 5.32 Å². The number of hydrogen-bond acceptors (Lipinski definition) is 5. The summed E-state index contributed by atoms with van der Waals surface area (Å²) in [5.74, 6) is 0.0373. The summed E-state index contributed by atoms with van der Waals surface area (Å²) in [7, 11) is 0. The average Bonchev–Trinajstić information content (AvgIpc) is 2.41. The number of amides is 2. The Hall–Kier alpha value is -1.50. The van der Waals surface area contributed by atoms with Gasteiger partial charge < -0.3 is 24.8 Å². The quantitative estimate of drug-likeness (QED) is 0.821. The van der Waals surface area contributed by atoms with E-state index in [4.69, 9.17) is 9.47 Å². The second-order valence-corrected chi connectivity index (χ2v) is 8.30. The Morgan fingerprint density at radius 1 is 1.08 bits per heavy atom. The number of piperidine rings is 1. The molecule has 1 aliphatic heterocycles. The molecule has 1 saturated heterocycles. The molecule has 2 atom stereocenters. The molecule has 2 amide bonds. The van der Waals surface area contributed by atoms with Gasteiger partial charge in [0.1, 0.15) is 11.2 Å². The molecule has 24 heavy (non-hydrogen) atoms. The van der Waals surface area contributed by atoms with Crippen LogP contribution in [0.4, 0.5) is 9.59 Å². The number of rotatable bonds is 3. The van der Waals surface area contributed by atoms with Gasteiger partial charge in [0.25, 0.3) is 0 Å². The summed E-state index contributed by atoms with van der Waals surface area (Å²) in [5, 5.41) is 12.1. The van der Waals surface area contributed by atoms with E-state index in [0.717, 1.165) is 6.42 Å². The van der Waals surface area contributed by atoms with E-state index < -0.39 is 23.4 Å². The fraction of sp³-hybridized carbons (Fsp3) is 0.882. The number of hydrogen-bond donors (Lipinski definition) is 2. The average molecular weight is 344 g/mol. The van der Waals surface area contributed by atoms with Crippen molar-refractivity contribution >= 4 is 12.2 Å². The maximum absolute atomic E-state index is 12.4. The van der Waals surface area contributed by atoms with Gasteiger partial charge in [-0.2, -0.15) is 0 Å². The number of nitrogens with zero attached hydrogens (tertiary/aromatic N) is 1. The Balaban J connectivity index is 2.68. The highest BCUT2D eigenvalue weighted by molar-refractivity contribution is 5.70. The molecule has 0 bridgehead atoms. The molecule has 140 valence electrons. The molecule has 1 rings (SSSR count). The van der Waals surface area contributed by atoms with Gasteiger partial charge in [-0.05, 0) is 60.3 Å². The standard InChI is InChI=1S/C17H32N2O5/c1-16(2,3)23-14(21)18-9-13-8-7-12(11-20)10-19(13)15(22)24-17(4,5)6/h12-13,20H,7-11H2,1-6H3,(H,18,21). The van der Waals surface area contributed by atoms with Gasteiger partial charge in [-0.3, -0.25) is 0 Å². The highest BCUT2D eigenvalue weighted by Crippen LogP contribution is 2.24. The summed E-state index contributed by atoms with van der Waals surface area (Å²) in [5.41, 5.74) is -1.16. The van der Waals surface area contributed by atoms with Crippen molar-refractivity contribution in [2.24, 2.45) is 5.92 Å². The molecule has 2 unspecified atom stereocenters. The van der Waals surface area contributed by atoms with Crippen molar-refractivity contribution in [3.05, 3.63) is 0 Å². The minimum atomic E-state index is -0.591. The third-order valence-electron chi connectivity index (χ3n) is 3.57. The molecule has 0 aromatic carbocycles. The molecule has 1 aliphatic rings. The molecule has 0 aromatic heterocycles. The van der Waals surface area contributed by atoms with Crippen molar-refractivity contribution in [1.29, 1.82) is 0 Å². The molecular weight excluding hydrogens is 312 g/mol. The molecular formula is C17H32N2O5. The number of carbonyl (C=O) groups is 2. The molecule has 0 saturated carbocycles. The number of carbonyl (C=O) groups excluding carboxylic acids is 2. The number of nitrogens with one attached hydrogen (secondary N) is 1. The number of aliphatic hydroxyl groups is 1. The first-order chi connectivity index (χ1) is 10.9. The van der Waals surface area contributed by atoms with E-state index >= 15 is 0 Å². The second-order valence-electron chi connectivity index (χ2n) is 8.30. The predicted octanol–water partition coefficient (Wildman–Crippen LogP) is 2.52. The Morgan fingerprint density at radius 2 is 1.67 bits per heavy atom. The van der Waals surface area contributed by atoms with E-state index in [1.807, 2.05) is 20.8 Å². The van der Waals surface area contributed by atoms with Crippen LogP contribution in [0.5, 0.6) is 0 Å². The van der Waals surface area contributed by atoms with Gasteiger partial charge in [-0.1, -0.05) is 0 Å². The lowest BCUT2D eigenvalue weighted by molar-refractivity contribution is -0.00263. The lowest BCUT2D eigenvalue weighted by atomic mass is 9.93. The van der Waals surface area contributed by atoms with Crippen molar-refractivity contribution in [1.82, 2.24) is 10.2 Å². The first-order valence-corrected chi connectivity index (χ1v) is 8.48. The molecule has 1 fully saturated rings. The molecule has 2 N–H and O–H groups in total. The number of likely N-dealkylation sites (tertiary alicyclic amines) is 1. The summed E-state index contributed by atoms with van der Waals surface area (Å²) < 4.78 is 10.7. The summed E-state index contributed by atoms with van der Waals surface area (Å²) in [6, 6.07) is -0.171. The highest BCUT2D eigenvalue weighted by atomic mass is 16.6. The van der Waals surface area contributed by atoms with E-state index in [9.17, 15) is 14.7 Å². The van der Waals surface area contributed by atoms with Crippen molar-refractivity contribution < 1.29 is 24.2 Å². The van der Waals surface area contributed by atoms with Crippen LogP contribution in [0.2, 0.25) is 0 Å². The smallest absolute Gasteiger partial charge is 0.410 e. The number of alkyl carbamates (subject to hydrolysis) is 1. The van der Waals surface area contributed by atoms with Gasteiger partial charge in [0.2, 0.25) is 0 Å². The van der Waals surface area contributed by atoms with E-state index in [1.165, 1.54) is 0 Å². The Bertz CT molecular complexity index is 439. The van der Waals surface area contributed by atoms with Crippen LogP contribution in [0.15, 0.2) is 0 Å². The summed E-state index contributed by atoms with van der Waals surface area (Å²) >= 11 is 0. The zero-order chi connectivity index (χ0) is 18.5. The zero-order valence-electron chi connectivity index (χ0n) is 15.7. The lowest BCUT2D eigenvalue weighted by Gasteiger charge is -2.39. The van der Waals surface area contributed by atoms with E-state index in [2.05, 4.69) is 5.32 Å². The monoisotopic (exact) mass is 344 g/mol. The predicted molar refractivity (Wildman–Crippen MR) is 90.8 cm³/mol. The molecule has 0 aliphatic carbocycles. The van der Waals surface area contributed by atoms with Crippen molar-refractivity contribution in [3.63, 3.8) is 0 Å². The maximum Gasteiger partial charge on any atom is 0.410 e. The van der Waals surface area contributed by atoms with Gasteiger partial charge in [0.15, 0.2) is 0 Å². The maximum atomic E-state index is 12.4. The minimum absolute atomic E-state index is 0.0332. The largest absolute Gasteiger partial charge is 0.444 e. The fourth-order valence-corrected chi connectivity index (χ4v) is 2.52. The molecule has 0 radical (unpaired) electrons. The second kappa shape index (κ2) is 8.05. The van der Waals surface area contributed by atoms with Crippen molar-refractivity contribution in [2.45, 2.75) is 71.6 Å². The van der Waals surface area contributed by atoms with E-state index in [-0.39, 0.29) is 18.6 Å². The van der Waals surface area contributed by atoms with Crippen LogP contribution >= 0.6 is 0 Å². The lowest BCUT2D eigenvalue weighted by Crippen LogP contribution is -2.53. The first kappa shape index (κ1) is 20.5. The summed E-state index contributed by atoms with van der Waals surface area (Å²) in [4.78, 5) is 25.9. The normalized spacial score (nSPS) is 22.0. The molecule has 0 spiro atoms. The van der Waals surface area contributed by atoms with Gasteiger partial charge in [-0.25, -0.2) is 9.59 Å². The minimum Gasteiger partial charge on any atom is -0.444 e. The highest BCUT2D eigenvalue weighted by Gasteiger charge is 2.34. The zero-order valence-corrected chi connectivity index (χ0v) is 15.7. The third-order valence-corrected chi connectivity index (χ3v) is 3.57. The van der Waals surface area contributed by atoms with Crippen molar-refractivity contribution in [2.75, 3.05) is 19.7 Å². The van der Waals surface area contributed by atoms with E-state index in [0.29, 0.717) is 19.5 Å². The fourth-order valence-electron chi connectivity index (χ4n) is 2.52. The van der Waals surface area contributed by atoms with Gasteiger partial charge in [0, 0.05) is 19.7 Å². The molecule has 7 heteroatoms. The Labute approximate surface area is 144 Å². The third kappa shape index (κ3) is 7.38. The Morgan fingerprint density at radius 3 is 2.17 bits per heavy atom. The van der Waals surface area contributed by atoms with Gasteiger partial charge >= 0.3 is 12.2 Å². The first-order valence-electron chi connectivity index (χ1n) is 8.48. The molecule has 7 nitrogen and oxygen atoms in total. The van der Waals surface area contributed by atoms with E-state index in [1.54, 1.807) is 25.7 Å². The van der Waals surface area contributed by atoms with Gasteiger partial charge in [-0.15, -0.1) is 0 Å². The van der Waals surface area contributed by atoms with Gasteiger partial charge in [0.05, 0.1) is 6.04 Å². The van der Waals surface area contributed by atoms with Crippen LogP contribution in [0.1, 0.15) is 54.4 Å². The topological polar surface area (TPSA) is 88.1 Å². The van der Waals surface area contributed by atoms with Crippen LogP contribution in [0.25, 0.3) is 0 Å². The molecule has 1 heterocycles. The van der Waals surface area contributed by atoms with Crippen LogP contribution in [0, 0.1) is 5.92 Å².